The summed E-state index contributed by atoms with van der Waals surface area (Å²) in [4.78, 5) is 11.6. The highest BCUT2D eigenvalue weighted by Gasteiger charge is 2.08. The SMILES string of the molecule is CC(=O)c1ccc(CCCCO)c2ccccc12. The van der Waals surface area contributed by atoms with Crippen LogP contribution in [0.1, 0.15) is 35.7 Å². The predicted molar refractivity (Wildman–Crippen MR) is 74.0 cm³/mol. The highest BCUT2D eigenvalue weighted by molar-refractivity contribution is 6.07. The van der Waals surface area contributed by atoms with E-state index in [2.05, 4.69) is 6.07 Å². The normalized spacial score (nSPS) is 10.8. The Hall–Kier alpha value is -1.67. The molecule has 2 aromatic carbocycles. The number of benzene rings is 2. The molecule has 0 fully saturated rings. The molecule has 0 amide bonds. The number of aliphatic hydroxyl groups is 1. The smallest absolute Gasteiger partial charge is 0.160 e. The molecule has 18 heavy (non-hydrogen) atoms. The number of fused-ring (bicyclic) bond motifs is 1. The van der Waals surface area contributed by atoms with Gasteiger partial charge >= 0.3 is 0 Å². The summed E-state index contributed by atoms with van der Waals surface area (Å²) in [5.41, 5.74) is 2.04. The van der Waals surface area contributed by atoms with Crippen LogP contribution in [0, 0.1) is 0 Å². The van der Waals surface area contributed by atoms with Crippen molar-refractivity contribution in [1.29, 1.82) is 0 Å². The molecular weight excluding hydrogens is 224 g/mol. The van der Waals surface area contributed by atoms with E-state index in [0.29, 0.717) is 0 Å². The zero-order valence-corrected chi connectivity index (χ0v) is 10.6. The van der Waals surface area contributed by atoms with E-state index in [9.17, 15) is 4.79 Å². The summed E-state index contributed by atoms with van der Waals surface area (Å²) in [5.74, 6) is 0.105. The summed E-state index contributed by atoms with van der Waals surface area (Å²) < 4.78 is 0. The standard InChI is InChI=1S/C16H18O2/c1-12(18)14-10-9-13(6-4-5-11-17)15-7-2-3-8-16(14)15/h2-3,7-10,17H,4-6,11H2,1H3. The quantitative estimate of drug-likeness (QED) is 0.645. The lowest BCUT2D eigenvalue weighted by Crippen LogP contribution is -1.97. The van der Waals surface area contributed by atoms with E-state index in [1.807, 2.05) is 30.3 Å². The molecule has 0 unspecified atom stereocenters. The van der Waals surface area contributed by atoms with Crippen LogP contribution in [0.5, 0.6) is 0 Å². The van der Waals surface area contributed by atoms with E-state index in [4.69, 9.17) is 5.11 Å². The van der Waals surface area contributed by atoms with E-state index >= 15 is 0 Å². The fourth-order valence-corrected chi connectivity index (χ4v) is 2.31. The van der Waals surface area contributed by atoms with Crippen molar-refractivity contribution in [2.45, 2.75) is 26.2 Å². The van der Waals surface area contributed by atoms with Gasteiger partial charge in [0, 0.05) is 12.2 Å². The highest BCUT2D eigenvalue weighted by atomic mass is 16.2. The maximum absolute atomic E-state index is 11.6. The van der Waals surface area contributed by atoms with Crippen molar-refractivity contribution >= 4 is 16.6 Å². The Morgan fingerprint density at radius 1 is 1.06 bits per heavy atom. The Morgan fingerprint density at radius 3 is 2.44 bits per heavy atom. The molecule has 2 nitrogen and oxygen atoms in total. The summed E-state index contributed by atoms with van der Waals surface area (Å²) >= 11 is 0. The summed E-state index contributed by atoms with van der Waals surface area (Å²) in [6, 6.07) is 12.0. The van der Waals surface area contributed by atoms with E-state index < -0.39 is 0 Å². The van der Waals surface area contributed by atoms with Gasteiger partial charge in [-0.15, -0.1) is 0 Å². The molecule has 0 aliphatic carbocycles. The van der Waals surface area contributed by atoms with Crippen molar-refractivity contribution in [2.75, 3.05) is 6.61 Å². The zero-order chi connectivity index (χ0) is 13.0. The van der Waals surface area contributed by atoms with Crippen molar-refractivity contribution in [3.05, 3.63) is 47.5 Å². The molecule has 1 N–H and O–H groups in total. The van der Waals surface area contributed by atoms with Crippen molar-refractivity contribution in [3.63, 3.8) is 0 Å². The second-order valence-electron chi connectivity index (χ2n) is 4.55. The van der Waals surface area contributed by atoms with Crippen LogP contribution >= 0.6 is 0 Å². The molecule has 0 heterocycles. The van der Waals surface area contributed by atoms with Crippen LogP contribution in [0.2, 0.25) is 0 Å². The van der Waals surface area contributed by atoms with Gasteiger partial charge in [0.05, 0.1) is 0 Å². The molecule has 0 bridgehead atoms. The first-order valence-corrected chi connectivity index (χ1v) is 6.36. The van der Waals surface area contributed by atoms with Crippen LogP contribution in [0.25, 0.3) is 10.8 Å². The van der Waals surface area contributed by atoms with Gasteiger partial charge in [0.1, 0.15) is 0 Å². The second kappa shape index (κ2) is 5.78. The van der Waals surface area contributed by atoms with Gasteiger partial charge in [0.15, 0.2) is 5.78 Å². The molecular formula is C16H18O2. The van der Waals surface area contributed by atoms with Gasteiger partial charge in [-0.05, 0) is 42.5 Å². The third-order valence-corrected chi connectivity index (χ3v) is 3.25. The summed E-state index contributed by atoms with van der Waals surface area (Å²) in [6.07, 6.45) is 2.74. The van der Waals surface area contributed by atoms with Gasteiger partial charge in [0.2, 0.25) is 0 Å². The summed E-state index contributed by atoms with van der Waals surface area (Å²) in [5, 5.41) is 11.0. The molecule has 0 atom stereocenters. The Morgan fingerprint density at radius 2 is 1.78 bits per heavy atom. The first kappa shape index (κ1) is 12.8. The topological polar surface area (TPSA) is 37.3 Å². The van der Waals surface area contributed by atoms with Crippen molar-refractivity contribution < 1.29 is 9.90 Å². The molecule has 0 saturated heterocycles. The van der Waals surface area contributed by atoms with Gasteiger partial charge < -0.3 is 5.11 Å². The Labute approximate surface area is 107 Å². The molecule has 2 heteroatoms. The molecule has 0 spiro atoms. The number of hydrogen-bond donors (Lipinski definition) is 1. The number of carbonyl (C=O) groups excluding carboxylic acids is 1. The van der Waals surface area contributed by atoms with Gasteiger partial charge in [-0.25, -0.2) is 0 Å². The summed E-state index contributed by atoms with van der Waals surface area (Å²) in [6.45, 7) is 1.84. The Bertz CT molecular complexity index is 558. The third-order valence-electron chi connectivity index (χ3n) is 3.25. The number of carbonyl (C=O) groups is 1. The zero-order valence-electron chi connectivity index (χ0n) is 10.6. The van der Waals surface area contributed by atoms with Crippen LogP contribution in [0.15, 0.2) is 36.4 Å². The number of rotatable bonds is 5. The average molecular weight is 242 g/mol. The van der Waals surface area contributed by atoms with Crippen LogP contribution in [-0.2, 0) is 6.42 Å². The van der Waals surface area contributed by atoms with Crippen molar-refractivity contribution in [1.82, 2.24) is 0 Å². The number of unbranched alkanes of at least 4 members (excludes halogenated alkanes) is 1. The van der Waals surface area contributed by atoms with E-state index in [1.54, 1.807) is 6.92 Å². The second-order valence-corrected chi connectivity index (χ2v) is 4.55. The predicted octanol–water partition coefficient (Wildman–Crippen LogP) is 3.36. The lowest BCUT2D eigenvalue weighted by molar-refractivity contribution is 0.101. The first-order valence-electron chi connectivity index (χ1n) is 6.36. The van der Waals surface area contributed by atoms with Crippen molar-refractivity contribution in [3.8, 4) is 0 Å². The van der Waals surface area contributed by atoms with Crippen LogP contribution < -0.4 is 0 Å². The van der Waals surface area contributed by atoms with Crippen molar-refractivity contribution in [2.24, 2.45) is 0 Å². The minimum Gasteiger partial charge on any atom is -0.396 e. The maximum atomic E-state index is 11.6. The molecule has 2 rings (SSSR count). The number of ketones is 1. The van der Waals surface area contributed by atoms with Gasteiger partial charge in [0.25, 0.3) is 0 Å². The highest BCUT2D eigenvalue weighted by Crippen LogP contribution is 2.24. The van der Waals surface area contributed by atoms with E-state index in [0.717, 1.165) is 35.6 Å². The van der Waals surface area contributed by atoms with Crippen LogP contribution in [-0.4, -0.2) is 17.5 Å². The minimum absolute atomic E-state index is 0.105. The molecule has 0 aromatic heterocycles. The Kier molecular flexibility index (Phi) is 4.11. The van der Waals surface area contributed by atoms with E-state index in [1.165, 1.54) is 5.56 Å². The van der Waals surface area contributed by atoms with Gasteiger partial charge in [-0.3, -0.25) is 4.79 Å². The molecule has 0 radical (unpaired) electrons. The molecule has 0 saturated carbocycles. The maximum Gasteiger partial charge on any atom is 0.160 e. The average Bonchev–Trinajstić information content (AvgIpc) is 2.38. The van der Waals surface area contributed by atoms with Crippen LogP contribution in [0.4, 0.5) is 0 Å². The largest absolute Gasteiger partial charge is 0.396 e. The summed E-state index contributed by atoms with van der Waals surface area (Å²) in [7, 11) is 0. The number of Topliss-reactive ketones (excluding diaryl/α,β-unsaturated/α-hetero) is 1. The Balaban J connectivity index is 2.44. The lowest BCUT2D eigenvalue weighted by Gasteiger charge is -2.09. The molecule has 0 aliphatic rings. The third kappa shape index (κ3) is 2.59. The number of aliphatic hydroxyl groups excluding tert-OH is 1. The van der Waals surface area contributed by atoms with Crippen LogP contribution in [0.3, 0.4) is 0 Å². The molecule has 94 valence electrons. The number of aryl methyl sites for hydroxylation is 1. The monoisotopic (exact) mass is 242 g/mol. The molecule has 2 aromatic rings. The fraction of sp³-hybridized carbons (Fsp3) is 0.312. The van der Waals surface area contributed by atoms with Gasteiger partial charge in [-0.2, -0.15) is 0 Å². The van der Waals surface area contributed by atoms with E-state index in [-0.39, 0.29) is 12.4 Å². The minimum atomic E-state index is 0.105. The number of hydrogen-bond acceptors (Lipinski definition) is 2. The lowest BCUT2D eigenvalue weighted by atomic mass is 9.95. The fourth-order valence-electron chi connectivity index (χ4n) is 2.31. The van der Waals surface area contributed by atoms with Gasteiger partial charge in [-0.1, -0.05) is 36.4 Å². The first-order chi connectivity index (χ1) is 8.74. The molecule has 0 aliphatic heterocycles.